The van der Waals surface area contributed by atoms with Gasteiger partial charge in [0, 0.05) is 31.4 Å². The van der Waals surface area contributed by atoms with E-state index in [2.05, 4.69) is 35.8 Å². The van der Waals surface area contributed by atoms with Gasteiger partial charge in [-0.1, -0.05) is 13.8 Å². The molecule has 11 nitrogen and oxygen atoms in total. The molecule has 6 rings (SSSR count). The van der Waals surface area contributed by atoms with Crippen LogP contribution in [0, 0.1) is 11.6 Å². The molecule has 204 valence electrons. The number of morpholine rings is 1. The molecule has 3 aromatic heterocycles. The number of anilines is 2. The second-order valence-electron chi connectivity index (χ2n) is 10.1. The van der Waals surface area contributed by atoms with Crippen molar-refractivity contribution in [3.63, 3.8) is 0 Å². The van der Waals surface area contributed by atoms with Gasteiger partial charge < -0.3 is 19.8 Å². The van der Waals surface area contributed by atoms with E-state index in [0.29, 0.717) is 48.7 Å². The van der Waals surface area contributed by atoms with E-state index >= 15 is 0 Å². The molecule has 4 aromatic rings. The Labute approximate surface area is 222 Å². The van der Waals surface area contributed by atoms with Gasteiger partial charge in [0.15, 0.2) is 5.82 Å². The second kappa shape index (κ2) is 10.3. The van der Waals surface area contributed by atoms with Gasteiger partial charge in [-0.25, -0.2) is 18.3 Å². The SMILES string of the molecule is CC(C)c1c(-c2nnc(CN3CCOCC3)o2)cn2ncnc(Nc3cc(C(=O)NC4CC4)c(F)cc3F)c12. The summed E-state index contributed by atoms with van der Waals surface area (Å²) < 4.78 is 42.3. The number of rotatable bonds is 8. The highest BCUT2D eigenvalue weighted by Gasteiger charge is 2.27. The van der Waals surface area contributed by atoms with Crippen LogP contribution >= 0.6 is 0 Å². The average molecular weight is 539 g/mol. The van der Waals surface area contributed by atoms with Crippen molar-refractivity contribution in [1.82, 2.24) is 35.0 Å². The molecule has 2 fully saturated rings. The second-order valence-corrected chi connectivity index (χ2v) is 10.1. The van der Waals surface area contributed by atoms with Crippen LogP contribution in [0.15, 0.2) is 29.1 Å². The Kier molecular flexibility index (Phi) is 6.69. The van der Waals surface area contributed by atoms with Crippen LogP contribution in [-0.2, 0) is 11.3 Å². The maximum atomic E-state index is 14.8. The lowest BCUT2D eigenvalue weighted by molar-refractivity contribution is 0.0306. The summed E-state index contributed by atoms with van der Waals surface area (Å²) in [4.78, 5) is 19.0. The molecule has 1 aromatic carbocycles. The molecule has 0 bridgehead atoms. The molecule has 1 saturated carbocycles. The fourth-order valence-electron chi connectivity index (χ4n) is 4.70. The minimum Gasteiger partial charge on any atom is -0.419 e. The smallest absolute Gasteiger partial charge is 0.254 e. The molecule has 1 aliphatic carbocycles. The average Bonchev–Trinajstić information content (AvgIpc) is 3.44. The molecule has 13 heteroatoms. The van der Waals surface area contributed by atoms with Crippen LogP contribution in [0.1, 0.15) is 54.4 Å². The number of fused-ring (bicyclic) bond motifs is 1. The van der Waals surface area contributed by atoms with Crippen molar-refractivity contribution >= 4 is 22.9 Å². The number of nitrogens with zero attached hydrogens (tertiary/aromatic N) is 6. The Morgan fingerprint density at radius 2 is 1.95 bits per heavy atom. The van der Waals surface area contributed by atoms with E-state index in [1.54, 1.807) is 10.7 Å². The summed E-state index contributed by atoms with van der Waals surface area (Å²) in [7, 11) is 0. The van der Waals surface area contributed by atoms with Crippen molar-refractivity contribution in [2.45, 2.75) is 45.2 Å². The fourth-order valence-corrected chi connectivity index (χ4v) is 4.70. The lowest BCUT2D eigenvalue weighted by atomic mass is 10.00. The summed E-state index contributed by atoms with van der Waals surface area (Å²) in [5.41, 5.74) is 1.74. The number of nitrogens with one attached hydrogen (secondary N) is 2. The van der Waals surface area contributed by atoms with E-state index in [9.17, 15) is 13.6 Å². The van der Waals surface area contributed by atoms with Gasteiger partial charge in [0.2, 0.25) is 11.8 Å². The topological polar surface area (TPSA) is 123 Å². The molecule has 4 heterocycles. The molecule has 1 saturated heterocycles. The van der Waals surface area contributed by atoms with E-state index in [1.807, 2.05) is 13.8 Å². The monoisotopic (exact) mass is 538 g/mol. The molecule has 1 amide bonds. The van der Waals surface area contributed by atoms with Gasteiger partial charge in [0.1, 0.15) is 23.5 Å². The molecule has 2 aliphatic rings. The van der Waals surface area contributed by atoms with Crippen molar-refractivity contribution in [2.75, 3.05) is 31.6 Å². The maximum absolute atomic E-state index is 14.8. The zero-order chi connectivity index (χ0) is 27.1. The predicted molar refractivity (Wildman–Crippen MR) is 137 cm³/mol. The summed E-state index contributed by atoms with van der Waals surface area (Å²) in [5.74, 6) is -1.27. The zero-order valence-corrected chi connectivity index (χ0v) is 21.6. The fraction of sp³-hybridized carbons (Fsp3) is 0.423. The molecule has 0 unspecified atom stereocenters. The highest BCUT2D eigenvalue weighted by Crippen LogP contribution is 2.37. The van der Waals surface area contributed by atoms with Gasteiger partial charge in [-0.15, -0.1) is 10.2 Å². The van der Waals surface area contributed by atoms with Crippen LogP contribution in [0.4, 0.5) is 20.3 Å². The van der Waals surface area contributed by atoms with Crippen molar-refractivity contribution in [3.8, 4) is 11.5 Å². The maximum Gasteiger partial charge on any atom is 0.254 e. The number of hydrogen-bond acceptors (Lipinski definition) is 9. The number of aromatic nitrogens is 5. The standard InChI is InChI=1S/C26H28F2N8O3/c1-14(2)22-17(26-34-33-21(39-26)12-35-5-7-38-8-6-35)11-36-23(22)24(29-13-30-36)32-20-9-16(18(27)10-19(20)28)25(37)31-15-3-4-15/h9-11,13-15H,3-8,12H2,1-2H3,(H,31,37)(H,29,30,32). The van der Waals surface area contributed by atoms with Gasteiger partial charge in [-0.2, -0.15) is 5.10 Å². The largest absolute Gasteiger partial charge is 0.419 e. The third-order valence-electron chi connectivity index (χ3n) is 6.82. The molecule has 0 spiro atoms. The van der Waals surface area contributed by atoms with Crippen molar-refractivity contribution < 1.29 is 22.7 Å². The first-order chi connectivity index (χ1) is 18.9. The van der Waals surface area contributed by atoms with Crippen molar-refractivity contribution in [2.24, 2.45) is 0 Å². The summed E-state index contributed by atoms with van der Waals surface area (Å²) in [5, 5.41) is 18.5. The Balaban J connectivity index is 1.35. The summed E-state index contributed by atoms with van der Waals surface area (Å²) in [6.07, 6.45) is 4.78. The molecule has 0 radical (unpaired) electrons. The van der Waals surface area contributed by atoms with Crippen molar-refractivity contribution in [3.05, 3.63) is 53.3 Å². The van der Waals surface area contributed by atoms with Gasteiger partial charge >= 0.3 is 0 Å². The molecule has 39 heavy (non-hydrogen) atoms. The van der Waals surface area contributed by atoms with Crippen LogP contribution in [0.25, 0.3) is 17.0 Å². The third kappa shape index (κ3) is 5.19. The quantitative estimate of drug-likeness (QED) is 0.346. The van der Waals surface area contributed by atoms with Crippen LogP contribution in [-0.4, -0.2) is 67.9 Å². The number of amides is 1. The molecular formula is C26H28F2N8O3. The van der Waals surface area contributed by atoms with Crippen LogP contribution < -0.4 is 10.6 Å². The lowest BCUT2D eigenvalue weighted by Gasteiger charge is -2.24. The van der Waals surface area contributed by atoms with Crippen LogP contribution in [0.5, 0.6) is 0 Å². The molecule has 0 atom stereocenters. The zero-order valence-electron chi connectivity index (χ0n) is 21.6. The summed E-state index contributed by atoms with van der Waals surface area (Å²) >= 11 is 0. The Morgan fingerprint density at radius 3 is 2.69 bits per heavy atom. The lowest BCUT2D eigenvalue weighted by Crippen LogP contribution is -2.35. The number of ether oxygens (including phenoxy) is 1. The van der Waals surface area contributed by atoms with E-state index < -0.39 is 17.5 Å². The molecule has 2 N–H and O–H groups in total. The van der Waals surface area contributed by atoms with Gasteiger partial charge in [-0.05, 0) is 30.4 Å². The minimum atomic E-state index is -0.929. The summed E-state index contributed by atoms with van der Waals surface area (Å²) in [6, 6.07) is 1.89. The van der Waals surface area contributed by atoms with E-state index in [4.69, 9.17) is 9.15 Å². The van der Waals surface area contributed by atoms with Crippen molar-refractivity contribution in [1.29, 1.82) is 0 Å². The first kappa shape index (κ1) is 25.3. The third-order valence-corrected chi connectivity index (χ3v) is 6.82. The summed E-state index contributed by atoms with van der Waals surface area (Å²) in [6.45, 7) is 7.43. The highest BCUT2D eigenvalue weighted by atomic mass is 19.1. The normalized spacial score (nSPS) is 16.2. The molecule has 1 aliphatic heterocycles. The number of halogens is 2. The minimum absolute atomic E-state index is 0.0240. The van der Waals surface area contributed by atoms with Crippen LogP contribution in [0.3, 0.4) is 0 Å². The van der Waals surface area contributed by atoms with Gasteiger partial charge in [0.25, 0.3) is 5.91 Å². The Morgan fingerprint density at radius 1 is 1.15 bits per heavy atom. The Hall–Kier alpha value is -3.97. The first-order valence-corrected chi connectivity index (χ1v) is 12.9. The number of benzene rings is 1. The van der Waals surface area contributed by atoms with E-state index in [-0.39, 0.29) is 29.0 Å². The molecular weight excluding hydrogens is 510 g/mol. The highest BCUT2D eigenvalue weighted by molar-refractivity contribution is 5.96. The Bertz CT molecular complexity index is 1530. The number of hydrogen-bond donors (Lipinski definition) is 2. The van der Waals surface area contributed by atoms with E-state index in [0.717, 1.165) is 37.6 Å². The van der Waals surface area contributed by atoms with Gasteiger partial charge in [0.05, 0.1) is 36.6 Å². The number of carbonyl (C=O) groups is 1. The van der Waals surface area contributed by atoms with Crippen LogP contribution in [0.2, 0.25) is 0 Å². The first-order valence-electron chi connectivity index (χ1n) is 12.9. The van der Waals surface area contributed by atoms with Gasteiger partial charge in [-0.3, -0.25) is 9.69 Å². The number of carbonyl (C=O) groups excluding carboxylic acids is 1. The van der Waals surface area contributed by atoms with E-state index in [1.165, 1.54) is 6.33 Å². The predicted octanol–water partition coefficient (Wildman–Crippen LogP) is 3.65.